The standard InChI is InChI=1S/C7H13ClP/c1-6-4-9(3,8)5-7(6)2/h4-5H2,1-3H3/q+1. The maximum Gasteiger partial charge on any atom is 0.119 e. The quantitative estimate of drug-likeness (QED) is 0.380. The molecule has 1 rings (SSSR count). The monoisotopic (exact) mass is 163 g/mol. The van der Waals surface area contributed by atoms with Crippen molar-refractivity contribution < 1.29 is 0 Å². The van der Waals surface area contributed by atoms with Crippen molar-refractivity contribution in [1.82, 2.24) is 0 Å². The fourth-order valence-corrected chi connectivity index (χ4v) is 5.02. The van der Waals surface area contributed by atoms with Crippen molar-refractivity contribution in [1.29, 1.82) is 0 Å². The van der Waals surface area contributed by atoms with E-state index >= 15 is 0 Å². The molecule has 1 aliphatic heterocycles. The number of allylic oxidation sites excluding steroid dienone is 2. The molecule has 0 aromatic rings. The van der Waals surface area contributed by atoms with Crippen LogP contribution in [0.3, 0.4) is 0 Å². The van der Waals surface area contributed by atoms with Crippen LogP contribution in [0.4, 0.5) is 0 Å². The summed E-state index contributed by atoms with van der Waals surface area (Å²) in [6, 6.07) is 0. The first-order valence-electron chi connectivity index (χ1n) is 3.21. The van der Waals surface area contributed by atoms with Gasteiger partial charge in [0.1, 0.15) is 6.62 Å². The third-order valence-electron chi connectivity index (χ3n) is 1.86. The first-order valence-corrected chi connectivity index (χ1v) is 6.72. The Balaban J connectivity index is 2.70. The molecule has 0 saturated heterocycles. The van der Waals surface area contributed by atoms with Crippen LogP contribution >= 0.6 is 17.9 Å². The van der Waals surface area contributed by atoms with Crippen LogP contribution in [0.25, 0.3) is 0 Å². The molecule has 0 amide bonds. The topological polar surface area (TPSA) is 0 Å². The van der Waals surface area contributed by atoms with Gasteiger partial charge in [-0.25, -0.2) is 0 Å². The van der Waals surface area contributed by atoms with Gasteiger partial charge in [-0.1, -0.05) is 0 Å². The summed E-state index contributed by atoms with van der Waals surface area (Å²) < 4.78 is 0. The van der Waals surface area contributed by atoms with Crippen LogP contribution in [0.1, 0.15) is 13.8 Å². The van der Waals surface area contributed by atoms with Crippen LogP contribution < -0.4 is 0 Å². The van der Waals surface area contributed by atoms with Crippen LogP contribution in [-0.2, 0) is 0 Å². The lowest BCUT2D eigenvalue weighted by molar-refractivity contribution is 1.29. The summed E-state index contributed by atoms with van der Waals surface area (Å²) in [5.41, 5.74) is 3.06. The fraction of sp³-hybridized carbons (Fsp3) is 0.714. The Morgan fingerprint density at radius 3 is 1.67 bits per heavy atom. The molecule has 0 spiro atoms. The molecular weight excluding hydrogens is 151 g/mol. The number of rotatable bonds is 0. The third-order valence-corrected chi connectivity index (χ3v) is 4.85. The average molecular weight is 164 g/mol. The Bertz CT molecular complexity index is 142. The smallest absolute Gasteiger partial charge is 0.0399 e. The molecule has 2 heteroatoms. The molecule has 0 saturated carbocycles. The largest absolute Gasteiger partial charge is 0.119 e. The Labute approximate surface area is 62.4 Å². The highest BCUT2D eigenvalue weighted by Crippen LogP contribution is 2.66. The highest BCUT2D eigenvalue weighted by molar-refractivity contribution is 7.99. The zero-order valence-electron chi connectivity index (χ0n) is 6.24. The fourth-order valence-electron chi connectivity index (χ4n) is 1.31. The molecule has 0 bridgehead atoms. The van der Waals surface area contributed by atoms with Gasteiger partial charge in [0, 0.05) is 0 Å². The van der Waals surface area contributed by atoms with Gasteiger partial charge >= 0.3 is 0 Å². The van der Waals surface area contributed by atoms with E-state index in [1.54, 1.807) is 0 Å². The van der Waals surface area contributed by atoms with Gasteiger partial charge in [0.2, 0.25) is 0 Å². The minimum Gasteiger partial charge on any atom is -0.0399 e. The first kappa shape index (κ1) is 7.57. The van der Waals surface area contributed by atoms with Crippen molar-refractivity contribution in [2.45, 2.75) is 13.8 Å². The van der Waals surface area contributed by atoms with Gasteiger partial charge in [-0.15, -0.1) is 0 Å². The molecule has 0 fully saturated rings. The Morgan fingerprint density at radius 2 is 1.56 bits per heavy atom. The average Bonchev–Trinajstić information content (AvgIpc) is 1.79. The summed E-state index contributed by atoms with van der Waals surface area (Å²) in [5, 5.41) is 0. The van der Waals surface area contributed by atoms with Gasteiger partial charge in [0.05, 0.1) is 30.2 Å². The zero-order valence-corrected chi connectivity index (χ0v) is 7.89. The molecular formula is C7H13ClP+. The van der Waals surface area contributed by atoms with Gasteiger partial charge in [-0.2, -0.15) is 0 Å². The van der Waals surface area contributed by atoms with E-state index in [4.69, 9.17) is 11.2 Å². The van der Waals surface area contributed by atoms with Gasteiger partial charge < -0.3 is 0 Å². The number of hydrogen-bond donors (Lipinski definition) is 0. The van der Waals surface area contributed by atoms with E-state index in [0.29, 0.717) is 0 Å². The molecule has 0 aromatic carbocycles. The van der Waals surface area contributed by atoms with Crippen LogP contribution in [-0.4, -0.2) is 19.0 Å². The summed E-state index contributed by atoms with van der Waals surface area (Å²) >= 11 is 6.23. The molecule has 1 aliphatic rings. The summed E-state index contributed by atoms with van der Waals surface area (Å²) in [4.78, 5) is 0. The third kappa shape index (κ3) is 1.69. The van der Waals surface area contributed by atoms with Crippen molar-refractivity contribution in [2.75, 3.05) is 19.0 Å². The van der Waals surface area contributed by atoms with Crippen LogP contribution in [0, 0.1) is 0 Å². The molecule has 0 radical (unpaired) electrons. The van der Waals surface area contributed by atoms with E-state index in [1.165, 1.54) is 23.5 Å². The molecule has 0 atom stereocenters. The molecule has 1 heterocycles. The molecule has 9 heavy (non-hydrogen) atoms. The maximum atomic E-state index is 6.23. The second-order valence-electron chi connectivity index (χ2n) is 3.14. The van der Waals surface area contributed by atoms with Crippen molar-refractivity contribution in [3.63, 3.8) is 0 Å². The zero-order chi connectivity index (χ0) is 7.07. The van der Waals surface area contributed by atoms with Crippen molar-refractivity contribution in [3.8, 4) is 0 Å². The molecule has 52 valence electrons. The minimum atomic E-state index is -1.01. The second kappa shape index (κ2) is 2.25. The van der Waals surface area contributed by atoms with E-state index in [2.05, 4.69) is 20.5 Å². The molecule has 0 nitrogen and oxygen atoms in total. The van der Waals surface area contributed by atoms with E-state index in [-0.39, 0.29) is 0 Å². The SMILES string of the molecule is CC1=C(C)C[P+](C)(Cl)C1. The molecule has 0 aromatic heterocycles. The van der Waals surface area contributed by atoms with Crippen molar-refractivity contribution in [2.24, 2.45) is 0 Å². The maximum absolute atomic E-state index is 6.23. The molecule has 0 N–H and O–H groups in total. The van der Waals surface area contributed by atoms with Crippen LogP contribution in [0.2, 0.25) is 0 Å². The van der Waals surface area contributed by atoms with Gasteiger partial charge in [0.15, 0.2) is 0 Å². The van der Waals surface area contributed by atoms with E-state index < -0.39 is 6.62 Å². The minimum absolute atomic E-state index is 1.01. The van der Waals surface area contributed by atoms with Crippen LogP contribution in [0.5, 0.6) is 0 Å². The molecule has 0 aliphatic carbocycles. The lowest BCUT2D eigenvalue weighted by Crippen LogP contribution is -1.84. The summed E-state index contributed by atoms with van der Waals surface area (Å²) in [5.74, 6) is 0. The first-order chi connectivity index (χ1) is 4.01. The van der Waals surface area contributed by atoms with Crippen molar-refractivity contribution in [3.05, 3.63) is 11.1 Å². The van der Waals surface area contributed by atoms with Crippen LogP contribution in [0.15, 0.2) is 11.1 Å². The Morgan fingerprint density at radius 1 is 1.22 bits per heavy atom. The molecule has 0 unspecified atom stereocenters. The summed E-state index contributed by atoms with van der Waals surface area (Å²) in [7, 11) is 0. The Kier molecular flexibility index (Phi) is 1.89. The highest BCUT2D eigenvalue weighted by Gasteiger charge is 2.36. The number of hydrogen-bond acceptors (Lipinski definition) is 0. The van der Waals surface area contributed by atoms with Gasteiger partial charge in [-0.3, -0.25) is 0 Å². The van der Waals surface area contributed by atoms with Gasteiger partial charge in [0.25, 0.3) is 0 Å². The predicted molar refractivity (Wildman–Crippen MR) is 46.8 cm³/mol. The summed E-state index contributed by atoms with van der Waals surface area (Å²) in [6.07, 6.45) is 2.36. The van der Waals surface area contributed by atoms with E-state index in [9.17, 15) is 0 Å². The van der Waals surface area contributed by atoms with Crippen molar-refractivity contribution >= 4 is 17.9 Å². The Hall–Kier alpha value is 0.460. The highest BCUT2D eigenvalue weighted by atomic mass is 35.7. The lowest BCUT2D eigenvalue weighted by Gasteiger charge is -2.03. The normalized spacial score (nSPS) is 25.3. The summed E-state index contributed by atoms with van der Waals surface area (Å²) in [6.45, 7) is 5.60. The van der Waals surface area contributed by atoms with E-state index in [1.807, 2.05) is 0 Å². The van der Waals surface area contributed by atoms with Gasteiger partial charge in [-0.05, 0) is 25.0 Å². The second-order valence-corrected chi connectivity index (χ2v) is 8.75. The lowest BCUT2D eigenvalue weighted by atomic mass is 10.2. The number of halogens is 1. The van der Waals surface area contributed by atoms with E-state index in [0.717, 1.165) is 0 Å². The predicted octanol–water partition coefficient (Wildman–Crippen LogP) is 3.14.